The van der Waals surface area contributed by atoms with Gasteiger partial charge < -0.3 is 9.15 Å². The summed E-state index contributed by atoms with van der Waals surface area (Å²) in [4.78, 5) is 18.1. The van der Waals surface area contributed by atoms with E-state index in [4.69, 9.17) is 32.4 Å². The van der Waals surface area contributed by atoms with Gasteiger partial charge in [0.05, 0.1) is 33.3 Å². The van der Waals surface area contributed by atoms with Crippen LogP contribution in [0, 0.1) is 0 Å². The lowest BCUT2D eigenvalue weighted by Gasteiger charge is -2.13. The summed E-state index contributed by atoms with van der Waals surface area (Å²) < 4.78 is 13.8. The molecule has 6 nitrogen and oxygen atoms in total. The quantitative estimate of drug-likeness (QED) is 0.205. The lowest BCUT2D eigenvalue weighted by molar-refractivity contribution is 0.243. The van der Waals surface area contributed by atoms with Gasteiger partial charge in [0, 0.05) is 9.86 Å². The van der Waals surface area contributed by atoms with Gasteiger partial charge in [-0.25, -0.2) is 4.98 Å². The minimum atomic E-state index is -0.333. The second-order valence-electron chi connectivity index (χ2n) is 8.09. The summed E-state index contributed by atoms with van der Waals surface area (Å²) in [7, 11) is 0. The van der Waals surface area contributed by atoms with Crippen LogP contribution in [0.3, 0.4) is 0 Å². The molecule has 0 amide bonds. The van der Waals surface area contributed by atoms with E-state index in [0.717, 1.165) is 9.86 Å². The van der Waals surface area contributed by atoms with Crippen LogP contribution in [-0.4, -0.2) is 22.0 Å². The monoisotopic (exact) mass is 569 g/mol. The van der Waals surface area contributed by atoms with E-state index >= 15 is 0 Å². The minimum absolute atomic E-state index is 0.0845. The van der Waals surface area contributed by atoms with Gasteiger partial charge in [0.15, 0.2) is 11.5 Å². The van der Waals surface area contributed by atoms with Gasteiger partial charge in [0.1, 0.15) is 5.58 Å². The first-order valence-corrected chi connectivity index (χ1v) is 12.3. The topological polar surface area (TPSA) is 69.6 Å². The number of benzene rings is 3. The molecule has 0 N–H and O–H groups in total. The molecule has 0 bridgehead atoms. The number of furan rings is 1. The summed E-state index contributed by atoms with van der Waals surface area (Å²) >= 11 is 16.2. The van der Waals surface area contributed by atoms with Crippen molar-refractivity contribution in [2.75, 3.05) is 0 Å². The highest BCUT2D eigenvalue weighted by Crippen LogP contribution is 2.35. The number of halogens is 3. The lowest BCUT2D eigenvalue weighted by Crippen LogP contribution is -2.20. The molecule has 0 aliphatic rings. The van der Waals surface area contributed by atoms with Crippen molar-refractivity contribution >= 4 is 67.2 Å². The molecular formula is C26H18BrCl2N3O3. The van der Waals surface area contributed by atoms with E-state index in [9.17, 15) is 4.79 Å². The molecule has 35 heavy (non-hydrogen) atoms. The Kier molecular flexibility index (Phi) is 6.40. The van der Waals surface area contributed by atoms with Gasteiger partial charge in [-0.2, -0.15) is 9.78 Å². The number of nitrogens with zero attached hydrogens (tertiary/aromatic N) is 3. The largest absolute Gasteiger partial charge is 0.488 e. The van der Waals surface area contributed by atoms with Crippen molar-refractivity contribution in [3.8, 4) is 17.3 Å². The van der Waals surface area contributed by atoms with Crippen LogP contribution in [0.25, 0.3) is 33.5 Å². The van der Waals surface area contributed by atoms with Crippen LogP contribution in [0.15, 0.2) is 79.4 Å². The molecule has 2 heterocycles. The third kappa shape index (κ3) is 4.72. The van der Waals surface area contributed by atoms with Crippen molar-refractivity contribution in [1.29, 1.82) is 0 Å². The molecule has 0 saturated heterocycles. The second-order valence-corrected chi connectivity index (χ2v) is 9.82. The van der Waals surface area contributed by atoms with Gasteiger partial charge >= 0.3 is 0 Å². The van der Waals surface area contributed by atoms with E-state index < -0.39 is 0 Å². The van der Waals surface area contributed by atoms with E-state index in [1.165, 1.54) is 10.9 Å². The number of hydrogen-bond acceptors (Lipinski definition) is 5. The average Bonchev–Trinajstić information content (AvgIpc) is 3.23. The first kappa shape index (κ1) is 23.6. The summed E-state index contributed by atoms with van der Waals surface area (Å²) in [6, 6.07) is 17.9. The van der Waals surface area contributed by atoms with Crippen molar-refractivity contribution in [3.63, 3.8) is 0 Å². The number of para-hydroxylation sites is 1. The summed E-state index contributed by atoms with van der Waals surface area (Å²) in [5.41, 5.74) is 1.47. The first-order chi connectivity index (χ1) is 16.8. The van der Waals surface area contributed by atoms with Crippen molar-refractivity contribution in [2.24, 2.45) is 5.10 Å². The Morgan fingerprint density at radius 2 is 1.83 bits per heavy atom. The van der Waals surface area contributed by atoms with E-state index in [2.05, 4.69) is 26.0 Å². The Balaban J connectivity index is 1.66. The molecule has 0 saturated carbocycles. The fourth-order valence-electron chi connectivity index (χ4n) is 3.64. The summed E-state index contributed by atoms with van der Waals surface area (Å²) in [6.07, 6.45) is 1.41. The summed E-state index contributed by atoms with van der Waals surface area (Å²) in [5, 5.41) is 6.45. The molecule has 0 spiro atoms. The number of fused-ring (bicyclic) bond motifs is 2. The van der Waals surface area contributed by atoms with Crippen LogP contribution in [0.5, 0.6) is 5.75 Å². The molecule has 3 aromatic carbocycles. The molecule has 0 unspecified atom stereocenters. The lowest BCUT2D eigenvalue weighted by atomic mass is 10.2. The molecule has 9 heteroatoms. The van der Waals surface area contributed by atoms with Gasteiger partial charge in [-0.1, -0.05) is 51.3 Å². The van der Waals surface area contributed by atoms with Gasteiger partial charge in [-0.15, -0.1) is 0 Å². The molecule has 0 radical (unpaired) electrons. The number of hydrogen-bond donors (Lipinski definition) is 0. The third-order valence-electron chi connectivity index (χ3n) is 5.15. The van der Waals surface area contributed by atoms with Crippen molar-refractivity contribution < 1.29 is 9.15 Å². The van der Waals surface area contributed by atoms with Gasteiger partial charge in [-0.05, 0) is 67.9 Å². The highest BCUT2D eigenvalue weighted by atomic mass is 79.9. The normalized spacial score (nSPS) is 11.8. The molecule has 0 aliphatic heterocycles. The maximum atomic E-state index is 13.4. The molecular weight excluding hydrogens is 553 g/mol. The van der Waals surface area contributed by atoms with Crippen LogP contribution in [-0.2, 0) is 0 Å². The number of aromatic nitrogens is 2. The van der Waals surface area contributed by atoms with E-state index in [1.54, 1.807) is 30.3 Å². The minimum Gasteiger partial charge on any atom is -0.488 e. The Bertz CT molecular complexity index is 1650. The van der Waals surface area contributed by atoms with Gasteiger partial charge in [-0.3, -0.25) is 4.79 Å². The number of rotatable bonds is 5. The van der Waals surface area contributed by atoms with Crippen molar-refractivity contribution in [2.45, 2.75) is 20.0 Å². The third-order valence-corrected chi connectivity index (χ3v) is 6.20. The Labute approximate surface area is 218 Å². The zero-order chi connectivity index (χ0) is 24.7. The fourth-order valence-corrected chi connectivity index (χ4v) is 4.61. The van der Waals surface area contributed by atoms with Crippen molar-refractivity contribution in [1.82, 2.24) is 9.66 Å². The second kappa shape index (κ2) is 9.49. The standard InChI is InChI=1S/C26H18BrCl2N3O3/c1-14(2)34-24-19(28)9-15(10-20(24)29)13-30-32-25(31-21-6-4-3-5-18(21)26(32)33)23-12-16-11-17(27)7-8-22(16)35-23/h3-14H,1-2H3. The highest BCUT2D eigenvalue weighted by Gasteiger charge is 2.17. The first-order valence-electron chi connectivity index (χ1n) is 10.7. The van der Waals surface area contributed by atoms with Crippen LogP contribution in [0.4, 0.5) is 0 Å². The summed E-state index contributed by atoms with van der Waals surface area (Å²) in [5.74, 6) is 1.09. The highest BCUT2D eigenvalue weighted by molar-refractivity contribution is 9.10. The van der Waals surface area contributed by atoms with Gasteiger partial charge in [0.2, 0.25) is 5.82 Å². The maximum Gasteiger partial charge on any atom is 0.282 e. The van der Waals surface area contributed by atoms with Gasteiger partial charge in [0.25, 0.3) is 5.56 Å². The Morgan fingerprint density at radius 3 is 2.57 bits per heavy atom. The molecule has 5 rings (SSSR count). The van der Waals surface area contributed by atoms with E-state index in [0.29, 0.717) is 43.6 Å². The maximum absolute atomic E-state index is 13.4. The zero-order valence-electron chi connectivity index (χ0n) is 18.6. The molecule has 0 fully saturated rings. The van der Waals surface area contributed by atoms with Crippen LogP contribution in [0.1, 0.15) is 19.4 Å². The van der Waals surface area contributed by atoms with Crippen molar-refractivity contribution in [3.05, 3.63) is 91.1 Å². The van der Waals surface area contributed by atoms with Crippen LogP contribution < -0.4 is 10.3 Å². The Morgan fingerprint density at radius 1 is 1.09 bits per heavy atom. The van der Waals surface area contributed by atoms with E-state index in [-0.39, 0.29) is 17.5 Å². The average molecular weight is 571 g/mol. The van der Waals surface area contributed by atoms with Crippen LogP contribution in [0.2, 0.25) is 10.0 Å². The van der Waals surface area contributed by atoms with Crippen LogP contribution >= 0.6 is 39.1 Å². The summed E-state index contributed by atoms with van der Waals surface area (Å²) in [6.45, 7) is 3.78. The Hall–Kier alpha value is -3.13. The molecule has 2 aromatic heterocycles. The zero-order valence-corrected chi connectivity index (χ0v) is 21.7. The molecule has 176 valence electrons. The molecule has 5 aromatic rings. The van der Waals surface area contributed by atoms with E-state index in [1.807, 2.05) is 44.2 Å². The fraction of sp³-hybridized carbons (Fsp3) is 0.115. The molecule has 0 atom stereocenters. The number of ether oxygens (including phenoxy) is 1. The predicted molar refractivity (Wildman–Crippen MR) is 144 cm³/mol. The molecule has 0 aliphatic carbocycles. The predicted octanol–water partition coefficient (Wildman–Crippen LogP) is 7.55. The smallest absolute Gasteiger partial charge is 0.282 e. The SMILES string of the molecule is CC(C)Oc1c(Cl)cc(C=Nn2c(-c3cc4cc(Br)ccc4o3)nc3ccccc3c2=O)cc1Cl.